The minimum atomic E-state index is 0.201. The second-order valence-corrected chi connectivity index (χ2v) is 6.85. The van der Waals surface area contributed by atoms with Crippen LogP contribution in [0.1, 0.15) is 23.1 Å². The van der Waals surface area contributed by atoms with Crippen LogP contribution in [-0.2, 0) is 5.41 Å². The highest BCUT2D eigenvalue weighted by atomic mass is 15.2. The van der Waals surface area contributed by atoms with Crippen LogP contribution >= 0.6 is 0 Å². The monoisotopic (exact) mass is 290 g/mol. The third-order valence-electron chi connectivity index (χ3n) is 5.04. The van der Waals surface area contributed by atoms with Gasteiger partial charge < -0.3 is 0 Å². The Morgan fingerprint density at radius 3 is 2.64 bits per heavy atom. The van der Waals surface area contributed by atoms with Crippen LogP contribution in [0, 0.1) is 13.8 Å². The van der Waals surface area contributed by atoms with Crippen molar-refractivity contribution in [2.45, 2.75) is 25.7 Å². The molecule has 4 rings (SSSR count). The number of aromatic nitrogens is 1. The Bertz CT molecular complexity index is 710. The summed E-state index contributed by atoms with van der Waals surface area (Å²) in [5, 5.41) is 0. The van der Waals surface area contributed by atoms with E-state index < -0.39 is 0 Å². The average molecular weight is 290 g/mol. The lowest BCUT2D eigenvalue weighted by Crippen LogP contribution is -2.33. The maximum Gasteiger partial charge on any atom is 0.0702 e. The number of hydrogen-bond acceptors (Lipinski definition) is 2. The summed E-state index contributed by atoms with van der Waals surface area (Å²) < 4.78 is 0. The van der Waals surface area contributed by atoms with Crippen molar-refractivity contribution < 1.29 is 0 Å². The summed E-state index contributed by atoms with van der Waals surface area (Å²) in [6.07, 6.45) is 8.03. The summed E-state index contributed by atoms with van der Waals surface area (Å²) >= 11 is 0. The van der Waals surface area contributed by atoms with E-state index in [-0.39, 0.29) is 5.41 Å². The first-order chi connectivity index (χ1) is 10.6. The van der Waals surface area contributed by atoms with Crippen LogP contribution in [0.4, 0.5) is 0 Å². The van der Waals surface area contributed by atoms with Crippen molar-refractivity contribution in [2.75, 3.05) is 19.6 Å². The number of aryl methyl sites for hydroxylation is 2. The maximum absolute atomic E-state index is 4.77. The second kappa shape index (κ2) is 5.06. The quantitative estimate of drug-likeness (QED) is 0.780. The van der Waals surface area contributed by atoms with Gasteiger partial charge in [0, 0.05) is 30.3 Å². The van der Waals surface area contributed by atoms with E-state index in [1.165, 1.54) is 35.2 Å². The molecule has 0 aliphatic carbocycles. The fourth-order valence-electron chi connectivity index (χ4n) is 3.95. The molecule has 2 nitrogen and oxygen atoms in total. The van der Waals surface area contributed by atoms with Crippen molar-refractivity contribution in [1.82, 2.24) is 9.88 Å². The molecule has 2 unspecified atom stereocenters. The smallest absolute Gasteiger partial charge is 0.0702 e. The predicted molar refractivity (Wildman–Crippen MR) is 91.0 cm³/mol. The normalized spacial score (nSPS) is 26.4. The highest BCUT2D eigenvalue weighted by molar-refractivity contribution is 5.61. The topological polar surface area (TPSA) is 16.1 Å². The SMILES string of the molecule is Cc1cc(C)cc(-c2ccc(C34C=CCN(CC3)C4)cn2)c1. The Kier molecular flexibility index (Phi) is 3.16. The van der Waals surface area contributed by atoms with Gasteiger partial charge in [-0.25, -0.2) is 0 Å². The molecule has 22 heavy (non-hydrogen) atoms. The van der Waals surface area contributed by atoms with Crippen molar-refractivity contribution in [2.24, 2.45) is 0 Å². The maximum atomic E-state index is 4.77. The fraction of sp³-hybridized carbons (Fsp3) is 0.350. The lowest BCUT2D eigenvalue weighted by molar-refractivity contribution is 0.345. The highest BCUT2D eigenvalue weighted by Gasteiger charge is 2.39. The van der Waals surface area contributed by atoms with Gasteiger partial charge >= 0.3 is 0 Å². The molecule has 1 saturated heterocycles. The van der Waals surface area contributed by atoms with Crippen LogP contribution in [0.5, 0.6) is 0 Å². The summed E-state index contributed by atoms with van der Waals surface area (Å²) in [7, 11) is 0. The Hall–Kier alpha value is -1.93. The van der Waals surface area contributed by atoms with Crippen molar-refractivity contribution in [3.8, 4) is 11.3 Å². The third-order valence-corrected chi connectivity index (χ3v) is 5.04. The first-order valence-electron chi connectivity index (χ1n) is 8.10. The van der Waals surface area contributed by atoms with Gasteiger partial charge in [-0.3, -0.25) is 9.88 Å². The van der Waals surface area contributed by atoms with Gasteiger partial charge in [-0.15, -0.1) is 0 Å². The van der Waals surface area contributed by atoms with E-state index in [0.29, 0.717) is 0 Å². The van der Waals surface area contributed by atoms with Gasteiger partial charge in [0.15, 0.2) is 0 Å². The molecule has 2 aliphatic rings. The molecule has 0 N–H and O–H groups in total. The Morgan fingerprint density at radius 2 is 1.91 bits per heavy atom. The molecule has 1 aromatic heterocycles. The zero-order valence-electron chi connectivity index (χ0n) is 13.3. The number of benzene rings is 1. The van der Waals surface area contributed by atoms with Crippen LogP contribution in [0.25, 0.3) is 11.3 Å². The number of hydrogen-bond donors (Lipinski definition) is 0. The minimum absolute atomic E-state index is 0.201. The summed E-state index contributed by atoms with van der Waals surface area (Å²) in [4.78, 5) is 7.29. The molecule has 0 saturated carbocycles. The summed E-state index contributed by atoms with van der Waals surface area (Å²) in [6, 6.07) is 11.1. The molecule has 2 aromatic rings. The number of fused-ring (bicyclic) bond motifs is 2. The Morgan fingerprint density at radius 1 is 1.09 bits per heavy atom. The van der Waals surface area contributed by atoms with Crippen molar-refractivity contribution in [3.05, 3.63) is 65.4 Å². The van der Waals surface area contributed by atoms with E-state index in [2.05, 4.69) is 67.4 Å². The van der Waals surface area contributed by atoms with E-state index in [1.54, 1.807) is 0 Å². The summed E-state index contributed by atoms with van der Waals surface area (Å²) in [5.41, 5.74) is 6.43. The van der Waals surface area contributed by atoms with Gasteiger partial charge in [-0.1, -0.05) is 35.4 Å². The minimum Gasteiger partial charge on any atom is -0.298 e. The fourth-order valence-corrected chi connectivity index (χ4v) is 3.95. The van der Waals surface area contributed by atoms with E-state index >= 15 is 0 Å². The summed E-state index contributed by atoms with van der Waals surface area (Å²) in [6.45, 7) is 7.74. The van der Waals surface area contributed by atoms with Crippen LogP contribution < -0.4 is 0 Å². The lowest BCUT2D eigenvalue weighted by atomic mass is 9.79. The Balaban J connectivity index is 1.69. The molecule has 1 aromatic carbocycles. The van der Waals surface area contributed by atoms with Crippen LogP contribution in [0.2, 0.25) is 0 Å². The zero-order valence-corrected chi connectivity index (χ0v) is 13.3. The highest BCUT2D eigenvalue weighted by Crippen LogP contribution is 2.38. The predicted octanol–water partition coefficient (Wildman–Crippen LogP) is 3.88. The standard InChI is InChI=1S/C20H22N2/c1-15-10-16(2)12-17(11-15)19-5-4-18(13-21-19)20-6-3-8-22(14-20)9-7-20/h3-6,10-13H,7-9,14H2,1-2H3. The van der Waals surface area contributed by atoms with Crippen LogP contribution in [-0.4, -0.2) is 29.5 Å². The molecule has 0 amide bonds. The van der Waals surface area contributed by atoms with Crippen molar-refractivity contribution >= 4 is 0 Å². The van der Waals surface area contributed by atoms with Crippen LogP contribution in [0.15, 0.2) is 48.7 Å². The van der Waals surface area contributed by atoms with Gasteiger partial charge in [0.25, 0.3) is 0 Å². The first-order valence-corrected chi connectivity index (χ1v) is 8.10. The van der Waals surface area contributed by atoms with Crippen LogP contribution in [0.3, 0.4) is 0 Å². The molecule has 1 fully saturated rings. The zero-order chi connectivity index (χ0) is 15.2. The van der Waals surface area contributed by atoms with Gasteiger partial charge in [0.05, 0.1) is 5.69 Å². The molecule has 2 heteroatoms. The number of nitrogens with zero attached hydrogens (tertiary/aromatic N) is 2. The average Bonchev–Trinajstić information content (AvgIpc) is 2.82. The number of rotatable bonds is 2. The van der Waals surface area contributed by atoms with Gasteiger partial charge in [-0.05, 0) is 50.6 Å². The molecule has 2 aliphatic heterocycles. The van der Waals surface area contributed by atoms with E-state index in [1.807, 2.05) is 0 Å². The summed E-state index contributed by atoms with van der Waals surface area (Å²) in [5.74, 6) is 0. The number of pyridine rings is 1. The molecule has 2 bridgehead atoms. The molecular weight excluding hydrogens is 268 g/mol. The molecule has 3 heterocycles. The lowest BCUT2D eigenvalue weighted by Gasteiger charge is -2.29. The van der Waals surface area contributed by atoms with E-state index in [0.717, 1.165) is 18.8 Å². The van der Waals surface area contributed by atoms with Gasteiger partial charge in [0.2, 0.25) is 0 Å². The molecular formula is C20H22N2. The third kappa shape index (κ3) is 2.28. The molecule has 0 radical (unpaired) electrons. The van der Waals surface area contributed by atoms with Gasteiger partial charge in [0.1, 0.15) is 0 Å². The Labute approximate surface area is 132 Å². The first kappa shape index (κ1) is 13.7. The van der Waals surface area contributed by atoms with Crippen molar-refractivity contribution in [1.29, 1.82) is 0 Å². The van der Waals surface area contributed by atoms with E-state index in [9.17, 15) is 0 Å². The second-order valence-electron chi connectivity index (χ2n) is 6.85. The molecule has 2 atom stereocenters. The molecule has 0 spiro atoms. The van der Waals surface area contributed by atoms with Gasteiger partial charge in [-0.2, -0.15) is 0 Å². The molecule has 112 valence electrons. The van der Waals surface area contributed by atoms with Crippen molar-refractivity contribution in [3.63, 3.8) is 0 Å². The largest absolute Gasteiger partial charge is 0.298 e. The van der Waals surface area contributed by atoms with E-state index in [4.69, 9.17) is 4.98 Å².